The van der Waals surface area contributed by atoms with Gasteiger partial charge in [-0.3, -0.25) is 14.7 Å². The van der Waals surface area contributed by atoms with Crippen LogP contribution in [0.2, 0.25) is 0 Å². The predicted molar refractivity (Wildman–Crippen MR) is 145 cm³/mol. The Hall–Kier alpha value is -3.72. The third-order valence-corrected chi connectivity index (χ3v) is 6.04. The molecule has 0 aliphatic heterocycles. The lowest BCUT2D eigenvalue weighted by Gasteiger charge is -2.21. The monoisotopic (exact) mass is 503 g/mol. The molecule has 0 heterocycles. The molecule has 0 saturated heterocycles. The van der Waals surface area contributed by atoms with E-state index in [1.54, 1.807) is 19.4 Å². The number of aliphatic carboxylic acids is 1. The van der Waals surface area contributed by atoms with Crippen LogP contribution in [0.5, 0.6) is 0 Å². The van der Waals surface area contributed by atoms with E-state index in [9.17, 15) is 14.8 Å². The molecule has 2 N–H and O–H groups in total. The van der Waals surface area contributed by atoms with Crippen LogP contribution in [0.25, 0.3) is 11.1 Å². The highest BCUT2D eigenvalue weighted by atomic mass is 16.5. The first kappa shape index (κ1) is 27.9. The van der Waals surface area contributed by atoms with E-state index in [1.165, 1.54) is 5.56 Å². The third-order valence-electron chi connectivity index (χ3n) is 6.04. The van der Waals surface area contributed by atoms with Crippen LogP contribution in [0.3, 0.4) is 0 Å². The summed E-state index contributed by atoms with van der Waals surface area (Å²) in [7, 11) is 1.66. The summed E-state index contributed by atoms with van der Waals surface area (Å²) in [5.74, 6) is -0.892. The molecule has 3 rings (SSSR count). The number of nitroso groups, excluding NO2 is 1. The number of hydrogen-bond donors (Lipinski definition) is 2. The van der Waals surface area contributed by atoms with Gasteiger partial charge in [-0.2, -0.15) is 0 Å². The molecule has 8 nitrogen and oxygen atoms in total. The number of hydrogen-bond acceptors (Lipinski definition) is 7. The van der Waals surface area contributed by atoms with Gasteiger partial charge in [-0.15, -0.1) is 4.91 Å². The predicted octanol–water partition coefficient (Wildman–Crippen LogP) is 4.96. The second-order valence-electron chi connectivity index (χ2n) is 8.81. The first-order valence-electron chi connectivity index (χ1n) is 12.1. The summed E-state index contributed by atoms with van der Waals surface area (Å²) < 4.78 is 5.43. The lowest BCUT2D eigenvalue weighted by Crippen LogP contribution is -2.29. The average Bonchev–Trinajstić information content (AvgIpc) is 2.89. The molecule has 0 radical (unpaired) electrons. The smallest absolute Gasteiger partial charge is 0.304 e. The molecule has 0 aliphatic rings. The van der Waals surface area contributed by atoms with Gasteiger partial charge in [-0.1, -0.05) is 60.7 Å². The number of carboxylic acid groups (broad SMARTS) is 1. The molecule has 0 saturated carbocycles. The standard InChI is InChI=1S/C29H33N3O5/c1-21-6-3-4-9-26(21)27-11-10-22(16-25(27)20-37-2)18-30-29(31-36)24-8-5-7-23(17-24)19-32(14-15-33)13-12-28(34)35/h3-11,16-18,29,33H,12-15,19-20H2,1-2H3,(H,34,35). The number of ether oxygens (including phenoxy) is 1. The lowest BCUT2D eigenvalue weighted by atomic mass is 9.95. The van der Waals surface area contributed by atoms with Gasteiger partial charge in [0.15, 0.2) is 0 Å². The number of rotatable bonds is 14. The van der Waals surface area contributed by atoms with Gasteiger partial charge in [0.05, 0.1) is 19.6 Å². The van der Waals surface area contributed by atoms with Gasteiger partial charge in [0.25, 0.3) is 0 Å². The van der Waals surface area contributed by atoms with E-state index in [-0.39, 0.29) is 13.0 Å². The van der Waals surface area contributed by atoms with Crippen LogP contribution in [0.1, 0.15) is 40.4 Å². The molecule has 1 atom stereocenters. The molecular formula is C29H33N3O5. The molecule has 8 heteroatoms. The van der Waals surface area contributed by atoms with Crippen molar-refractivity contribution < 1.29 is 19.7 Å². The fraction of sp³-hybridized carbons (Fsp3) is 0.310. The Balaban J connectivity index is 1.80. The topological polar surface area (TPSA) is 112 Å². The number of carbonyl (C=O) groups is 1. The molecule has 0 amide bonds. The first-order valence-corrected chi connectivity index (χ1v) is 12.1. The molecule has 0 fully saturated rings. The Morgan fingerprint density at radius 3 is 2.57 bits per heavy atom. The van der Waals surface area contributed by atoms with Crippen molar-refractivity contribution in [2.45, 2.75) is 32.7 Å². The summed E-state index contributed by atoms with van der Waals surface area (Å²) in [6, 6.07) is 21.5. The van der Waals surface area contributed by atoms with Crippen LogP contribution in [-0.2, 0) is 22.7 Å². The fourth-order valence-corrected chi connectivity index (χ4v) is 4.21. The Morgan fingerprint density at radius 1 is 1.05 bits per heavy atom. The highest BCUT2D eigenvalue weighted by Crippen LogP contribution is 2.28. The van der Waals surface area contributed by atoms with Crippen molar-refractivity contribution in [3.8, 4) is 11.1 Å². The second-order valence-corrected chi connectivity index (χ2v) is 8.81. The molecular weight excluding hydrogens is 470 g/mol. The zero-order chi connectivity index (χ0) is 26.6. The van der Waals surface area contributed by atoms with Crippen molar-refractivity contribution in [2.75, 3.05) is 26.8 Å². The number of aliphatic imine (C=N–C) groups is 1. The SMILES string of the molecule is COCc1cc(C=NC(N=O)c2cccc(CN(CCO)CCC(=O)O)c2)ccc1-c1ccccc1C. The van der Waals surface area contributed by atoms with Crippen LogP contribution in [-0.4, -0.2) is 54.1 Å². The van der Waals surface area contributed by atoms with Gasteiger partial charge in [0.1, 0.15) is 0 Å². The molecule has 0 aromatic heterocycles. The van der Waals surface area contributed by atoms with Crippen molar-refractivity contribution >= 4 is 12.2 Å². The number of aryl methyl sites for hydroxylation is 1. The third kappa shape index (κ3) is 8.15. The molecule has 0 spiro atoms. The summed E-state index contributed by atoms with van der Waals surface area (Å²) in [4.78, 5) is 28.9. The van der Waals surface area contributed by atoms with E-state index < -0.39 is 12.1 Å². The summed E-state index contributed by atoms with van der Waals surface area (Å²) in [6.45, 7) is 3.55. The summed E-state index contributed by atoms with van der Waals surface area (Å²) >= 11 is 0. The summed E-state index contributed by atoms with van der Waals surface area (Å²) in [6.07, 6.45) is 0.702. The molecule has 0 bridgehead atoms. The Kier molecular flexibility index (Phi) is 10.6. The molecule has 3 aromatic carbocycles. The zero-order valence-corrected chi connectivity index (χ0v) is 21.2. The van der Waals surface area contributed by atoms with Crippen molar-refractivity contribution in [2.24, 2.45) is 10.2 Å². The largest absolute Gasteiger partial charge is 0.481 e. The van der Waals surface area contributed by atoms with E-state index in [0.717, 1.165) is 27.8 Å². The quantitative estimate of drug-likeness (QED) is 0.238. The summed E-state index contributed by atoms with van der Waals surface area (Å²) in [5, 5.41) is 21.5. The Labute approximate surface area is 217 Å². The Bertz CT molecular complexity index is 1230. The lowest BCUT2D eigenvalue weighted by molar-refractivity contribution is -0.137. The molecule has 37 heavy (non-hydrogen) atoms. The van der Waals surface area contributed by atoms with Gasteiger partial charge in [0, 0.05) is 38.5 Å². The van der Waals surface area contributed by atoms with Crippen LogP contribution < -0.4 is 0 Å². The van der Waals surface area contributed by atoms with Crippen LogP contribution in [0.15, 0.2) is 76.9 Å². The molecule has 194 valence electrons. The fourth-order valence-electron chi connectivity index (χ4n) is 4.21. The van der Waals surface area contributed by atoms with Crippen molar-refractivity contribution in [3.63, 3.8) is 0 Å². The van der Waals surface area contributed by atoms with Crippen LogP contribution in [0, 0.1) is 11.8 Å². The Morgan fingerprint density at radius 2 is 1.86 bits per heavy atom. The number of aliphatic hydroxyl groups is 1. The number of nitrogens with zero attached hydrogens (tertiary/aromatic N) is 3. The second kappa shape index (κ2) is 14.1. The van der Waals surface area contributed by atoms with Crippen molar-refractivity contribution in [3.05, 3.63) is 99.5 Å². The highest BCUT2D eigenvalue weighted by Gasteiger charge is 2.13. The number of carboxylic acids is 1. The van der Waals surface area contributed by atoms with E-state index in [1.807, 2.05) is 53.4 Å². The van der Waals surface area contributed by atoms with Crippen LogP contribution in [0.4, 0.5) is 0 Å². The van der Waals surface area contributed by atoms with Crippen molar-refractivity contribution in [1.82, 2.24) is 4.90 Å². The van der Waals surface area contributed by atoms with Gasteiger partial charge in [-0.25, -0.2) is 0 Å². The van der Waals surface area contributed by atoms with Crippen LogP contribution >= 0.6 is 0 Å². The van der Waals surface area contributed by atoms with E-state index in [0.29, 0.717) is 31.8 Å². The number of methoxy groups -OCH3 is 1. The minimum absolute atomic E-state index is 0.0177. The minimum atomic E-state index is -0.924. The van der Waals surface area contributed by atoms with Gasteiger partial charge in [0.2, 0.25) is 6.17 Å². The van der Waals surface area contributed by atoms with E-state index in [4.69, 9.17) is 9.84 Å². The molecule has 0 aliphatic carbocycles. The van der Waals surface area contributed by atoms with E-state index >= 15 is 0 Å². The number of benzene rings is 3. The zero-order valence-electron chi connectivity index (χ0n) is 21.2. The first-order chi connectivity index (χ1) is 17.9. The maximum absolute atomic E-state index is 11.7. The van der Waals surface area contributed by atoms with Gasteiger partial charge < -0.3 is 14.9 Å². The van der Waals surface area contributed by atoms with Gasteiger partial charge in [-0.05, 0) is 51.5 Å². The number of aliphatic hydroxyl groups excluding tert-OH is 1. The molecule has 3 aromatic rings. The normalized spacial score (nSPS) is 12.2. The maximum Gasteiger partial charge on any atom is 0.304 e. The van der Waals surface area contributed by atoms with Crippen molar-refractivity contribution in [1.29, 1.82) is 0 Å². The summed E-state index contributed by atoms with van der Waals surface area (Å²) in [5.41, 5.74) is 6.77. The van der Waals surface area contributed by atoms with Gasteiger partial charge >= 0.3 is 5.97 Å². The van der Waals surface area contributed by atoms with E-state index in [2.05, 4.69) is 29.2 Å². The molecule has 1 unspecified atom stereocenters. The minimum Gasteiger partial charge on any atom is -0.481 e. The highest BCUT2D eigenvalue weighted by molar-refractivity contribution is 5.83. The maximum atomic E-state index is 11.7. The average molecular weight is 504 g/mol.